The monoisotopic (exact) mass is 387 g/mol. The molecule has 1 amide bonds. The van der Waals surface area contributed by atoms with Gasteiger partial charge in [-0.1, -0.05) is 6.07 Å². The average Bonchev–Trinajstić information content (AvgIpc) is 3.22. The Hall–Kier alpha value is -1.89. The van der Waals surface area contributed by atoms with Gasteiger partial charge in [0.1, 0.15) is 0 Å². The summed E-state index contributed by atoms with van der Waals surface area (Å²) in [6, 6.07) is 6.06. The molecule has 28 heavy (non-hydrogen) atoms. The van der Waals surface area contributed by atoms with Gasteiger partial charge in [-0.3, -0.25) is 4.79 Å². The van der Waals surface area contributed by atoms with E-state index in [1.165, 1.54) is 10.9 Å². The van der Waals surface area contributed by atoms with Gasteiger partial charge < -0.3 is 24.6 Å². The molecule has 2 aromatic rings. The molecule has 0 radical (unpaired) electrons. The summed E-state index contributed by atoms with van der Waals surface area (Å²) in [4.78, 5) is 15.2. The molecule has 6 heteroatoms. The Labute approximate surface area is 167 Å². The number of aryl methyl sites for hydroxylation is 2. The molecule has 2 heterocycles. The minimum Gasteiger partial charge on any atom is -0.391 e. The average molecular weight is 388 g/mol. The van der Waals surface area contributed by atoms with Crippen LogP contribution < -0.4 is 5.32 Å². The third-order valence-corrected chi connectivity index (χ3v) is 5.70. The normalized spacial score (nSPS) is 19.6. The van der Waals surface area contributed by atoms with Gasteiger partial charge in [0.25, 0.3) is 5.91 Å². The summed E-state index contributed by atoms with van der Waals surface area (Å²) in [5, 5.41) is 14.5. The molecule has 1 saturated heterocycles. The Balaban J connectivity index is 1.85. The molecule has 0 unspecified atom stereocenters. The van der Waals surface area contributed by atoms with E-state index in [2.05, 4.69) is 29.1 Å². The van der Waals surface area contributed by atoms with E-state index in [1.54, 1.807) is 7.11 Å². The molecule has 1 aliphatic rings. The lowest BCUT2D eigenvalue weighted by molar-refractivity contribution is 0.0599. The minimum atomic E-state index is -0.391. The summed E-state index contributed by atoms with van der Waals surface area (Å²) in [6.07, 6.45) is 2.69. The SMILES string of the molecule is COCCCn1cc(C)c2ccc(C(=O)N(C[C@@H]3CNC[C@H]3O)C(C)C)cc21. The van der Waals surface area contributed by atoms with Crippen molar-refractivity contribution >= 4 is 16.8 Å². The topological polar surface area (TPSA) is 66.7 Å². The molecule has 0 spiro atoms. The fourth-order valence-corrected chi connectivity index (χ4v) is 4.03. The van der Waals surface area contributed by atoms with Gasteiger partial charge >= 0.3 is 0 Å². The highest BCUT2D eigenvalue weighted by Gasteiger charge is 2.30. The first-order valence-corrected chi connectivity index (χ1v) is 10.2. The standard InChI is InChI=1S/C22H33N3O3/c1-15(2)25(14-18-11-23-12-21(18)26)22(27)17-6-7-19-16(3)13-24(20(19)10-17)8-5-9-28-4/h6-7,10,13,15,18,21,23,26H,5,8-9,11-12,14H2,1-4H3/t18-,21+/m0/s1. The zero-order valence-electron chi connectivity index (χ0n) is 17.4. The number of amides is 1. The van der Waals surface area contributed by atoms with E-state index < -0.39 is 6.10 Å². The van der Waals surface area contributed by atoms with Crippen LogP contribution in [0.5, 0.6) is 0 Å². The number of aromatic nitrogens is 1. The highest BCUT2D eigenvalue weighted by atomic mass is 16.5. The summed E-state index contributed by atoms with van der Waals surface area (Å²) in [5.41, 5.74) is 3.01. The maximum absolute atomic E-state index is 13.3. The van der Waals surface area contributed by atoms with Crippen molar-refractivity contribution < 1.29 is 14.6 Å². The zero-order valence-corrected chi connectivity index (χ0v) is 17.4. The number of benzene rings is 1. The first-order chi connectivity index (χ1) is 13.4. The number of aliphatic hydroxyl groups is 1. The number of carbonyl (C=O) groups is 1. The molecular weight excluding hydrogens is 354 g/mol. The number of ether oxygens (including phenoxy) is 1. The third-order valence-electron chi connectivity index (χ3n) is 5.70. The molecule has 6 nitrogen and oxygen atoms in total. The lowest BCUT2D eigenvalue weighted by Crippen LogP contribution is -2.43. The van der Waals surface area contributed by atoms with Crippen molar-refractivity contribution in [2.24, 2.45) is 5.92 Å². The molecule has 154 valence electrons. The highest BCUT2D eigenvalue weighted by molar-refractivity contribution is 5.98. The van der Waals surface area contributed by atoms with Gasteiger partial charge in [-0.2, -0.15) is 0 Å². The van der Waals surface area contributed by atoms with E-state index in [4.69, 9.17) is 4.74 Å². The predicted molar refractivity (Wildman–Crippen MR) is 112 cm³/mol. The van der Waals surface area contributed by atoms with Gasteiger partial charge in [0.15, 0.2) is 0 Å². The number of nitrogens with one attached hydrogen (secondary N) is 1. The molecule has 1 aromatic carbocycles. The van der Waals surface area contributed by atoms with Crippen LogP contribution in [0.1, 0.15) is 36.2 Å². The van der Waals surface area contributed by atoms with E-state index >= 15 is 0 Å². The number of β-amino-alcohol motifs (C(OH)–C–C–N with tert-alkyl or cyclic N) is 1. The number of hydrogen-bond acceptors (Lipinski definition) is 4. The molecule has 1 aromatic heterocycles. The Bertz CT molecular complexity index is 815. The Kier molecular flexibility index (Phi) is 6.75. The number of methoxy groups -OCH3 is 1. The highest BCUT2D eigenvalue weighted by Crippen LogP contribution is 2.24. The predicted octanol–water partition coefficient (Wildman–Crippen LogP) is 2.42. The molecule has 2 N–H and O–H groups in total. The van der Waals surface area contributed by atoms with Crippen LogP contribution in [0.3, 0.4) is 0 Å². The molecule has 1 fully saturated rings. The third kappa shape index (κ3) is 4.40. The number of aliphatic hydroxyl groups excluding tert-OH is 1. The van der Waals surface area contributed by atoms with Crippen LogP contribution >= 0.6 is 0 Å². The van der Waals surface area contributed by atoms with Gasteiger partial charge in [0.2, 0.25) is 0 Å². The second-order valence-corrected chi connectivity index (χ2v) is 8.12. The van der Waals surface area contributed by atoms with E-state index in [0.717, 1.165) is 31.6 Å². The van der Waals surface area contributed by atoms with Crippen molar-refractivity contribution in [3.05, 3.63) is 35.5 Å². The molecule has 0 bridgehead atoms. The van der Waals surface area contributed by atoms with E-state index in [9.17, 15) is 9.90 Å². The van der Waals surface area contributed by atoms with E-state index in [1.807, 2.05) is 30.9 Å². The van der Waals surface area contributed by atoms with Crippen LogP contribution in [-0.4, -0.2) is 66.0 Å². The van der Waals surface area contributed by atoms with Crippen molar-refractivity contribution in [2.75, 3.05) is 33.4 Å². The Morgan fingerprint density at radius 3 is 2.82 bits per heavy atom. The smallest absolute Gasteiger partial charge is 0.254 e. The zero-order chi connectivity index (χ0) is 20.3. The van der Waals surface area contributed by atoms with Gasteiger partial charge in [-0.15, -0.1) is 0 Å². The van der Waals surface area contributed by atoms with Crippen LogP contribution in [0.25, 0.3) is 10.9 Å². The van der Waals surface area contributed by atoms with Gasteiger partial charge in [-0.05, 0) is 44.9 Å². The van der Waals surface area contributed by atoms with Crippen LogP contribution in [0.4, 0.5) is 0 Å². The summed E-state index contributed by atoms with van der Waals surface area (Å²) >= 11 is 0. The molecule has 1 aliphatic heterocycles. The Morgan fingerprint density at radius 1 is 1.39 bits per heavy atom. The number of rotatable bonds is 8. The number of carbonyl (C=O) groups excluding carboxylic acids is 1. The lowest BCUT2D eigenvalue weighted by atomic mass is 10.0. The fraction of sp³-hybridized carbons (Fsp3) is 0.591. The molecule has 2 atom stereocenters. The number of nitrogens with zero attached hydrogens (tertiary/aromatic N) is 2. The molecule has 3 rings (SSSR count). The van der Waals surface area contributed by atoms with Crippen molar-refractivity contribution in [1.82, 2.24) is 14.8 Å². The van der Waals surface area contributed by atoms with Crippen LogP contribution in [-0.2, 0) is 11.3 Å². The van der Waals surface area contributed by atoms with Gasteiger partial charge in [0.05, 0.1) is 6.10 Å². The van der Waals surface area contributed by atoms with Crippen LogP contribution in [0, 0.1) is 12.8 Å². The maximum Gasteiger partial charge on any atom is 0.254 e. The summed E-state index contributed by atoms with van der Waals surface area (Å²) in [5.74, 6) is 0.105. The largest absolute Gasteiger partial charge is 0.391 e. The van der Waals surface area contributed by atoms with Crippen molar-refractivity contribution in [3.63, 3.8) is 0 Å². The first kappa shape index (κ1) is 20.8. The second kappa shape index (κ2) is 9.07. The number of fused-ring (bicyclic) bond motifs is 1. The first-order valence-electron chi connectivity index (χ1n) is 10.2. The van der Waals surface area contributed by atoms with Gasteiger partial charge in [-0.25, -0.2) is 0 Å². The second-order valence-electron chi connectivity index (χ2n) is 8.12. The quantitative estimate of drug-likeness (QED) is 0.683. The molecular formula is C22H33N3O3. The summed E-state index contributed by atoms with van der Waals surface area (Å²) in [6.45, 7) is 9.66. The van der Waals surface area contributed by atoms with Crippen molar-refractivity contribution in [3.8, 4) is 0 Å². The van der Waals surface area contributed by atoms with E-state index in [0.29, 0.717) is 18.7 Å². The molecule has 0 saturated carbocycles. The maximum atomic E-state index is 13.3. The molecule has 0 aliphatic carbocycles. The van der Waals surface area contributed by atoms with Crippen LogP contribution in [0.15, 0.2) is 24.4 Å². The van der Waals surface area contributed by atoms with Crippen molar-refractivity contribution in [2.45, 2.75) is 45.9 Å². The lowest BCUT2D eigenvalue weighted by Gasteiger charge is -2.30. The van der Waals surface area contributed by atoms with Crippen LogP contribution in [0.2, 0.25) is 0 Å². The minimum absolute atomic E-state index is 0.0262. The Morgan fingerprint density at radius 2 is 2.18 bits per heavy atom. The fourth-order valence-electron chi connectivity index (χ4n) is 4.03. The summed E-state index contributed by atoms with van der Waals surface area (Å²) < 4.78 is 7.39. The van der Waals surface area contributed by atoms with Gasteiger partial charge in [0, 0.05) is 74.5 Å². The van der Waals surface area contributed by atoms with Crippen molar-refractivity contribution in [1.29, 1.82) is 0 Å². The summed E-state index contributed by atoms with van der Waals surface area (Å²) in [7, 11) is 1.72. The van der Waals surface area contributed by atoms with E-state index in [-0.39, 0.29) is 17.9 Å². The number of hydrogen-bond donors (Lipinski definition) is 2.